The Hall–Kier alpha value is -2.93. The molecule has 194 valence electrons. The van der Waals surface area contributed by atoms with E-state index in [-0.39, 0.29) is 22.4 Å². The molecule has 1 N–H and O–H groups in total. The third-order valence-electron chi connectivity index (χ3n) is 7.79. The van der Waals surface area contributed by atoms with Crippen molar-refractivity contribution in [3.05, 3.63) is 69.6 Å². The van der Waals surface area contributed by atoms with Crippen molar-refractivity contribution in [3.63, 3.8) is 0 Å². The van der Waals surface area contributed by atoms with Crippen LogP contribution >= 0.6 is 0 Å². The van der Waals surface area contributed by atoms with Gasteiger partial charge in [-0.3, -0.25) is 14.4 Å². The molecule has 4 rings (SSSR count). The van der Waals surface area contributed by atoms with Gasteiger partial charge in [-0.2, -0.15) is 0 Å². The lowest BCUT2D eigenvalue weighted by atomic mass is 9.79. The Morgan fingerprint density at radius 2 is 1.56 bits per heavy atom. The van der Waals surface area contributed by atoms with E-state index in [4.69, 9.17) is 4.74 Å². The van der Waals surface area contributed by atoms with E-state index in [2.05, 4.69) is 17.4 Å². The van der Waals surface area contributed by atoms with E-state index in [1.54, 1.807) is 29.0 Å². The lowest BCUT2D eigenvalue weighted by Crippen LogP contribution is -2.42. The Morgan fingerprint density at radius 3 is 2.22 bits per heavy atom. The van der Waals surface area contributed by atoms with Gasteiger partial charge >= 0.3 is 0 Å². The molecule has 0 unspecified atom stereocenters. The maximum atomic E-state index is 13.5. The van der Waals surface area contributed by atoms with Crippen molar-refractivity contribution in [2.45, 2.75) is 69.7 Å². The maximum Gasteiger partial charge on any atom is 0.259 e. The van der Waals surface area contributed by atoms with Gasteiger partial charge in [0.1, 0.15) is 11.1 Å². The first-order valence-electron chi connectivity index (χ1n) is 13.4. The number of hydrogen-bond donors (Lipinski definition) is 1. The van der Waals surface area contributed by atoms with Gasteiger partial charge in [0, 0.05) is 51.1 Å². The second-order valence-electron chi connectivity index (χ2n) is 10.2. The summed E-state index contributed by atoms with van der Waals surface area (Å²) in [6, 6.07) is 10.3. The molecule has 2 aliphatic rings. The molecule has 1 aliphatic heterocycles. The zero-order chi connectivity index (χ0) is 25.4. The number of nitrogens with zero attached hydrogens (tertiary/aromatic N) is 2. The molecular formula is C29H39N3O4. The third kappa shape index (κ3) is 6.06. The second-order valence-corrected chi connectivity index (χ2v) is 10.2. The standard InChI is InChI=1S/C29H39N3O4/c1-36-19-18-31-20-24(26(33)25(21-31)28(35)32-16-10-3-2-4-11-17-32)27(34)30-22-29(14-8-9-15-29)23-12-6-5-7-13-23/h5-7,12-13,20-21H,2-4,8-11,14-19,22H2,1H3,(H,30,34). The van der Waals surface area contributed by atoms with Gasteiger partial charge < -0.3 is 19.5 Å². The van der Waals surface area contributed by atoms with Gasteiger partial charge in [0.05, 0.1) is 6.61 Å². The van der Waals surface area contributed by atoms with Gasteiger partial charge in [-0.25, -0.2) is 0 Å². The summed E-state index contributed by atoms with van der Waals surface area (Å²) in [4.78, 5) is 42.1. The molecule has 0 bridgehead atoms. The van der Waals surface area contributed by atoms with Crippen LogP contribution in [0.5, 0.6) is 0 Å². The first-order chi connectivity index (χ1) is 17.5. The van der Waals surface area contributed by atoms with E-state index < -0.39 is 11.3 Å². The number of hydrogen-bond acceptors (Lipinski definition) is 4. The first kappa shape index (κ1) is 26.1. The quantitative estimate of drug-likeness (QED) is 0.599. The minimum Gasteiger partial charge on any atom is -0.383 e. The molecule has 2 heterocycles. The fourth-order valence-electron chi connectivity index (χ4n) is 5.65. The molecule has 1 aromatic carbocycles. The number of rotatable bonds is 8. The van der Waals surface area contributed by atoms with E-state index >= 15 is 0 Å². The van der Waals surface area contributed by atoms with E-state index in [0.717, 1.165) is 51.4 Å². The topological polar surface area (TPSA) is 80.6 Å². The highest BCUT2D eigenvalue weighted by molar-refractivity contribution is 5.99. The van der Waals surface area contributed by atoms with Gasteiger partial charge in [0.15, 0.2) is 0 Å². The molecule has 1 aliphatic carbocycles. The summed E-state index contributed by atoms with van der Waals surface area (Å²) in [5.41, 5.74) is 0.696. The number of ether oxygens (including phenoxy) is 1. The fourth-order valence-corrected chi connectivity index (χ4v) is 5.65. The molecule has 1 aromatic heterocycles. The predicted molar refractivity (Wildman–Crippen MR) is 140 cm³/mol. The highest BCUT2D eigenvalue weighted by Gasteiger charge is 2.36. The number of benzene rings is 1. The van der Waals surface area contributed by atoms with Crippen molar-refractivity contribution in [1.82, 2.24) is 14.8 Å². The van der Waals surface area contributed by atoms with Crippen molar-refractivity contribution >= 4 is 11.8 Å². The first-order valence-corrected chi connectivity index (χ1v) is 13.4. The van der Waals surface area contributed by atoms with Crippen molar-refractivity contribution in [2.24, 2.45) is 0 Å². The number of amides is 2. The lowest BCUT2D eigenvalue weighted by molar-refractivity contribution is 0.0739. The Morgan fingerprint density at radius 1 is 0.917 bits per heavy atom. The van der Waals surface area contributed by atoms with Crippen LogP contribution in [-0.2, 0) is 16.7 Å². The van der Waals surface area contributed by atoms with E-state index in [9.17, 15) is 14.4 Å². The molecule has 2 amide bonds. The Kier molecular flexibility index (Phi) is 8.97. The number of carbonyl (C=O) groups is 2. The molecule has 0 atom stereocenters. The van der Waals surface area contributed by atoms with Gasteiger partial charge in [0.2, 0.25) is 5.43 Å². The second kappa shape index (κ2) is 12.3. The largest absolute Gasteiger partial charge is 0.383 e. The number of likely N-dealkylation sites (tertiary alicyclic amines) is 1. The summed E-state index contributed by atoms with van der Waals surface area (Å²) in [5, 5.41) is 3.06. The summed E-state index contributed by atoms with van der Waals surface area (Å²) in [7, 11) is 1.60. The number of carbonyl (C=O) groups excluding carboxylic acids is 2. The van der Waals surface area contributed by atoms with Crippen LogP contribution in [0, 0.1) is 0 Å². The number of pyridine rings is 1. The third-order valence-corrected chi connectivity index (χ3v) is 7.79. The zero-order valence-corrected chi connectivity index (χ0v) is 21.5. The predicted octanol–water partition coefficient (Wildman–Crippen LogP) is 4.14. The zero-order valence-electron chi connectivity index (χ0n) is 21.5. The number of aromatic nitrogens is 1. The van der Waals surface area contributed by atoms with Crippen LogP contribution in [0.4, 0.5) is 0 Å². The Balaban J connectivity index is 1.59. The molecular weight excluding hydrogens is 454 g/mol. The molecule has 0 spiro atoms. The van der Waals surface area contributed by atoms with Crippen molar-refractivity contribution in [2.75, 3.05) is 33.4 Å². The molecule has 2 aromatic rings. The minimum atomic E-state index is -0.492. The fraction of sp³-hybridized carbons (Fsp3) is 0.552. The molecule has 1 saturated carbocycles. The van der Waals surface area contributed by atoms with Crippen LogP contribution < -0.4 is 10.7 Å². The molecule has 36 heavy (non-hydrogen) atoms. The maximum absolute atomic E-state index is 13.5. The van der Waals surface area contributed by atoms with Gasteiger partial charge in [0.25, 0.3) is 11.8 Å². The van der Waals surface area contributed by atoms with Crippen LogP contribution in [-0.4, -0.2) is 54.6 Å². The SMILES string of the molecule is COCCn1cc(C(=O)NCC2(c3ccccc3)CCCC2)c(=O)c(C(=O)N2CCCCCCC2)c1. The van der Waals surface area contributed by atoms with Crippen LogP contribution in [0.15, 0.2) is 47.5 Å². The highest BCUT2D eigenvalue weighted by atomic mass is 16.5. The van der Waals surface area contributed by atoms with Gasteiger partial charge in [-0.1, -0.05) is 62.4 Å². The normalized spacial score (nSPS) is 17.9. The average molecular weight is 494 g/mol. The Bertz CT molecular complexity index is 1080. The summed E-state index contributed by atoms with van der Waals surface area (Å²) < 4.78 is 6.94. The monoisotopic (exact) mass is 493 g/mol. The molecule has 1 saturated heterocycles. The highest BCUT2D eigenvalue weighted by Crippen LogP contribution is 2.40. The average Bonchev–Trinajstić information content (AvgIpc) is 3.37. The number of methoxy groups -OCH3 is 1. The van der Waals surface area contributed by atoms with Crippen molar-refractivity contribution in [3.8, 4) is 0 Å². The number of nitrogens with one attached hydrogen (secondary N) is 1. The summed E-state index contributed by atoms with van der Waals surface area (Å²) in [6.07, 6.45) is 12.6. The lowest BCUT2D eigenvalue weighted by Gasteiger charge is -2.30. The summed E-state index contributed by atoms with van der Waals surface area (Å²) in [6.45, 7) is 2.63. The van der Waals surface area contributed by atoms with Gasteiger partial charge in [-0.05, 0) is 31.2 Å². The summed E-state index contributed by atoms with van der Waals surface area (Å²) in [5.74, 6) is -0.699. The van der Waals surface area contributed by atoms with E-state index in [1.807, 2.05) is 18.2 Å². The molecule has 7 heteroatoms. The van der Waals surface area contributed by atoms with Crippen LogP contribution in [0.1, 0.15) is 84.1 Å². The van der Waals surface area contributed by atoms with Gasteiger partial charge in [-0.15, -0.1) is 0 Å². The van der Waals surface area contributed by atoms with Crippen LogP contribution in [0.25, 0.3) is 0 Å². The Labute approximate surface area is 213 Å². The minimum absolute atomic E-state index is 0.0187. The van der Waals surface area contributed by atoms with Crippen LogP contribution in [0.2, 0.25) is 0 Å². The molecule has 0 radical (unpaired) electrons. The van der Waals surface area contributed by atoms with E-state index in [1.165, 1.54) is 12.0 Å². The summed E-state index contributed by atoms with van der Waals surface area (Å²) >= 11 is 0. The van der Waals surface area contributed by atoms with Crippen molar-refractivity contribution < 1.29 is 14.3 Å². The van der Waals surface area contributed by atoms with Crippen molar-refractivity contribution in [1.29, 1.82) is 0 Å². The van der Waals surface area contributed by atoms with Crippen LogP contribution in [0.3, 0.4) is 0 Å². The molecule has 7 nitrogen and oxygen atoms in total. The smallest absolute Gasteiger partial charge is 0.259 e. The van der Waals surface area contributed by atoms with E-state index in [0.29, 0.717) is 32.8 Å². The molecule has 2 fully saturated rings.